The zero-order valence-electron chi connectivity index (χ0n) is 22.0. The third-order valence-corrected chi connectivity index (χ3v) is 10.5. The predicted molar refractivity (Wildman–Crippen MR) is 135 cm³/mol. The molecule has 2 N–H and O–H groups in total. The van der Waals surface area contributed by atoms with Crippen LogP contribution in [0.15, 0.2) is 6.07 Å². The third kappa shape index (κ3) is 3.86. The van der Waals surface area contributed by atoms with E-state index in [1.165, 1.54) is 49.8 Å². The van der Waals surface area contributed by atoms with Gasteiger partial charge in [0.05, 0.1) is 6.54 Å². The van der Waals surface area contributed by atoms with Gasteiger partial charge in [0, 0.05) is 25.2 Å². The van der Waals surface area contributed by atoms with Gasteiger partial charge < -0.3 is 15.5 Å². The second-order valence-corrected chi connectivity index (χ2v) is 13.0. The van der Waals surface area contributed by atoms with E-state index in [4.69, 9.17) is 0 Å². The summed E-state index contributed by atoms with van der Waals surface area (Å²) in [5.74, 6) is 1.82. The normalized spacial score (nSPS) is 36.5. The van der Waals surface area contributed by atoms with Crippen LogP contribution in [0.5, 0.6) is 0 Å². The first kappa shape index (κ1) is 24.0. The number of nitrogens with one attached hydrogen (secondary N) is 2. The molecule has 4 bridgehead atoms. The average molecular weight is 496 g/mol. The first-order chi connectivity index (χ1) is 17.2. The molecule has 8 heteroatoms. The van der Waals surface area contributed by atoms with Crippen molar-refractivity contribution in [2.75, 3.05) is 7.05 Å². The molecule has 7 rings (SSSR count). The summed E-state index contributed by atoms with van der Waals surface area (Å²) in [6, 6.07) is 1.85. The lowest BCUT2D eigenvalue weighted by Gasteiger charge is -2.59. The van der Waals surface area contributed by atoms with Crippen LogP contribution in [0.2, 0.25) is 0 Å². The van der Waals surface area contributed by atoms with Gasteiger partial charge in [-0.1, -0.05) is 19.3 Å². The minimum absolute atomic E-state index is 0.0852. The van der Waals surface area contributed by atoms with Crippen LogP contribution in [-0.2, 0) is 11.3 Å². The van der Waals surface area contributed by atoms with E-state index < -0.39 is 5.54 Å². The fourth-order valence-corrected chi connectivity index (χ4v) is 8.56. The molecule has 1 aliphatic heterocycles. The SMILES string of the molecule is C[C@H](NC(=O)c1cc2n(n1)C[C@](C)(C(=O)NC1CCCCC1)N(C)C2=O)C12CC3CC(CC(C3)C1)C2. The Hall–Kier alpha value is -2.38. The van der Waals surface area contributed by atoms with Crippen LogP contribution >= 0.6 is 0 Å². The minimum Gasteiger partial charge on any atom is -0.351 e. The number of carbonyl (C=O) groups excluding carboxylic acids is 3. The first-order valence-electron chi connectivity index (χ1n) is 14.1. The van der Waals surface area contributed by atoms with Crippen molar-refractivity contribution >= 4 is 17.7 Å². The molecule has 5 aliphatic carbocycles. The number of likely N-dealkylation sites (N-methyl/N-ethyl adjacent to an activating group) is 1. The van der Waals surface area contributed by atoms with Crippen LogP contribution in [0.3, 0.4) is 0 Å². The topological polar surface area (TPSA) is 96.3 Å². The maximum Gasteiger partial charge on any atom is 0.272 e. The second-order valence-electron chi connectivity index (χ2n) is 13.0. The van der Waals surface area contributed by atoms with Crippen LogP contribution in [0.25, 0.3) is 0 Å². The van der Waals surface area contributed by atoms with Crippen molar-refractivity contribution in [2.24, 2.45) is 23.2 Å². The van der Waals surface area contributed by atoms with Gasteiger partial charge in [0.15, 0.2) is 5.69 Å². The van der Waals surface area contributed by atoms with E-state index in [0.717, 1.165) is 43.4 Å². The van der Waals surface area contributed by atoms with Crippen molar-refractivity contribution in [3.05, 3.63) is 17.5 Å². The summed E-state index contributed by atoms with van der Waals surface area (Å²) in [4.78, 5) is 41.4. The molecule has 0 saturated heterocycles. The Morgan fingerprint density at radius 1 is 1.06 bits per heavy atom. The molecule has 36 heavy (non-hydrogen) atoms. The van der Waals surface area contributed by atoms with E-state index in [1.54, 1.807) is 24.7 Å². The zero-order chi connectivity index (χ0) is 25.2. The lowest BCUT2D eigenvalue weighted by molar-refractivity contribution is -0.133. The van der Waals surface area contributed by atoms with E-state index in [9.17, 15) is 14.4 Å². The highest BCUT2D eigenvalue weighted by Crippen LogP contribution is 2.61. The lowest BCUT2D eigenvalue weighted by Crippen LogP contribution is -2.63. The Morgan fingerprint density at radius 2 is 1.67 bits per heavy atom. The second kappa shape index (κ2) is 8.59. The van der Waals surface area contributed by atoms with E-state index in [0.29, 0.717) is 5.69 Å². The molecular weight excluding hydrogens is 454 g/mol. The van der Waals surface area contributed by atoms with Crippen LogP contribution in [0.4, 0.5) is 0 Å². The van der Waals surface area contributed by atoms with Gasteiger partial charge in [0.25, 0.3) is 11.8 Å². The third-order valence-electron chi connectivity index (χ3n) is 10.5. The van der Waals surface area contributed by atoms with Crippen molar-refractivity contribution in [1.29, 1.82) is 0 Å². The van der Waals surface area contributed by atoms with Gasteiger partial charge >= 0.3 is 0 Å². The summed E-state index contributed by atoms with van der Waals surface area (Å²) >= 11 is 0. The molecule has 0 unspecified atom stereocenters. The van der Waals surface area contributed by atoms with Crippen LogP contribution in [-0.4, -0.2) is 57.1 Å². The molecule has 3 amide bonds. The van der Waals surface area contributed by atoms with Crippen LogP contribution < -0.4 is 10.6 Å². The highest BCUT2D eigenvalue weighted by Gasteiger charge is 2.53. The number of amides is 3. The van der Waals surface area contributed by atoms with Crippen LogP contribution in [0.1, 0.15) is 105 Å². The quantitative estimate of drug-likeness (QED) is 0.653. The summed E-state index contributed by atoms with van der Waals surface area (Å²) in [6.07, 6.45) is 13.2. The van der Waals surface area contributed by atoms with Crippen LogP contribution in [0, 0.1) is 23.2 Å². The molecule has 1 aromatic heterocycles. The number of hydrogen-bond donors (Lipinski definition) is 2. The molecule has 0 aromatic carbocycles. The molecule has 6 aliphatic rings. The van der Waals surface area contributed by atoms with Gasteiger partial charge in [-0.15, -0.1) is 0 Å². The van der Waals surface area contributed by atoms with Crippen molar-refractivity contribution in [1.82, 2.24) is 25.3 Å². The number of nitrogens with zero attached hydrogens (tertiary/aromatic N) is 3. The van der Waals surface area contributed by atoms with E-state index in [1.807, 2.05) is 0 Å². The Labute approximate surface area is 213 Å². The summed E-state index contributed by atoms with van der Waals surface area (Å²) in [5.41, 5.74) is -0.211. The van der Waals surface area contributed by atoms with Gasteiger partial charge in [-0.3, -0.25) is 19.1 Å². The molecule has 8 nitrogen and oxygen atoms in total. The highest BCUT2D eigenvalue weighted by atomic mass is 16.2. The van der Waals surface area contributed by atoms with Gasteiger partial charge in [-0.2, -0.15) is 5.10 Å². The Balaban J connectivity index is 1.17. The van der Waals surface area contributed by atoms with Crippen molar-refractivity contribution in [3.8, 4) is 0 Å². The Bertz CT molecular complexity index is 1040. The molecule has 196 valence electrons. The van der Waals surface area contributed by atoms with Gasteiger partial charge in [0.2, 0.25) is 5.91 Å². The molecule has 5 fully saturated rings. The van der Waals surface area contributed by atoms with Gasteiger partial charge in [0.1, 0.15) is 11.2 Å². The monoisotopic (exact) mass is 495 g/mol. The van der Waals surface area contributed by atoms with Crippen molar-refractivity contribution < 1.29 is 14.4 Å². The van der Waals surface area contributed by atoms with Gasteiger partial charge in [-0.05, 0) is 88.4 Å². The molecule has 1 aromatic rings. The first-order valence-corrected chi connectivity index (χ1v) is 14.1. The predicted octanol–water partition coefficient (Wildman–Crippen LogP) is 3.51. The number of hydrogen-bond acceptors (Lipinski definition) is 4. The summed E-state index contributed by atoms with van der Waals surface area (Å²) < 4.78 is 1.56. The summed E-state index contributed by atoms with van der Waals surface area (Å²) in [5, 5.41) is 11.0. The minimum atomic E-state index is -1.05. The molecule has 0 spiro atoms. The average Bonchev–Trinajstić information content (AvgIpc) is 3.26. The maximum absolute atomic E-state index is 13.3. The fraction of sp³-hybridized carbons (Fsp3) is 0.786. The summed E-state index contributed by atoms with van der Waals surface area (Å²) in [7, 11) is 1.67. The number of rotatable bonds is 5. The van der Waals surface area contributed by atoms with E-state index in [-0.39, 0.29) is 47.5 Å². The van der Waals surface area contributed by atoms with E-state index in [2.05, 4.69) is 22.7 Å². The molecular formula is C28H41N5O3. The Morgan fingerprint density at radius 3 is 2.28 bits per heavy atom. The maximum atomic E-state index is 13.3. The largest absolute Gasteiger partial charge is 0.351 e. The number of aromatic nitrogens is 2. The summed E-state index contributed by atoms with van der Waals surface area (Å²) in [6.45, 7) is 4.19. The van der Waals surface area contributed by atoms with E-state index >= 15 is 0 Å². The van der Waals surface area contributed by atoms with Crippen molar-refractivity contribution in [2.45, 2.75) is 109 Å². The molecule has 2 atom stereocenters. The number of carbonyl (C=O) groups is 3. The van der Waals surface area contributed by atoms with Gasteiger partial charge in [-0.25, -0.2) is 0 Å². The zero-order valence-corrected chi connectivity index (χ0v) is 22.0. The standard InChI is InChI=1S/C28H41N5O3/c1-17(28-13-18-9-19(14-28)11-20(10-18)15-28)29-24(34)22-12-23-25(35)32(3)27(2,16-33(23)31-22)26(36)30-21-7-5-4-6-8-21/h12,17-21H,4-11,13-16H2,1-3H3,(H,29,34)(H,30,36)/t17-,18?,19?,20?,27+,28?/m0/s1. The molecule has 5 saturated carbocycles. The smallest absolute Gasteiger partial charge is 0.272 e. The molecule has 0 radical (unpaired) electrons. The lowest BCUT2D eigenvalue weighted by atomic mass is 9.48. The Kier molecular flexibility index (Phi) is 5.72. The molecule has 2 heterocycles. The van der Waals surface area contributed by atoms with Crippen molar-refractivity contribution in [3.63, 3.8) is 0 Å². The fourth-order valence-electron chi connectivity index (χ4n) is 8.56. The highest BCUT2D eigenvalue weighted by molar-refractivity contribution is 6.01. The number of fused-ring (bicyclic) bond motifs is 1.